The van der Waals surface area contributed by atoms with Crippen LogP contribution in [0.25, 0.3) is 0 Å². The lowest BCUT2D eigenvalue weighted by Gasteiger charge is -2.26. The van der Waals surface area contributed by atoms with E-state index in [9.17, 15) is 9.59 Å². The Balaban J connectivity index is 2.07. The van der Waals surface area contributed by atoms with E-state index >= 15 is 0 Å². The van der Waals surface area contributed by atoms with Crippen molar-refractivity contribution < 1.29 is 14.3 Å². The summed E-state index contributed by atoms with van der Waals surface area (Å²) in [7, 11) is 0. The van der Waals surface area contributed by atoms with Gasteiger partial charge in [0.05, 0.1) is 13.2 Å². The summed E-state index contributed by atoms with van der Waals surface area (Å²) in [5.74, 6) is -0.732. The van der Waals surface area contributed by atoms with Gasteiger partial charge in [-0.05, 0) is 24.0 Å². The molecule has 1 unspecified atom stereocenters. The van der Waals surface area contributed by atoms with Gasteiger partial charge >= 0.3 is 11.8 Å². The van der Waals surface area contributed by atoms with Crippen molar-refractivity contribution in [3.8, 4) is 0 Å². The Morgan fingerprint density at radius 1 is 1.29 bits per heavy atom. The molecule has 2 rings (SSSR count). The molecule has 0 bridgehead atoms. The maximum Gasteiger partial charge on any atom is 0.313 e. The largest absolute Gasteiger partial charge is 0.378 e. The third-order valence-corrected chi connectivity index (χ3v) is 3.84. The summed E-state index contributed by atoms with van der Waals surface area (Å²) in [6.07, 6.45) is 0.976. The first-order valence-electron chi connectivity index (χ1n) is 7.40. The van der Waals surface area contributed by atoms with Crippen LogP contribution in [0.2, 0.25) is 0 Å². The molecule has 1 saturated heterocycles. The lowest BCUT2D eigenvalue weighted by atomic mass is 9.97. The van der Waals surface area contributed by atoms with E-state index in [0.29, 0.717) is 32.2 Å². The zero-order valence-corrected chi connectivity index (χ0v) is 12.6. The zero-order valence-electron chi connectivity index (χ0n) is 12.6. The van der Waals surface area contributed by atoms with E-state index < -0.39 is 11.8 Å². The summed E-state index contributed by atoms with van der Waals surface area (Å²) in [4.78, 5) is 25.8. The fraction of sp³-hybridized carbons (Fsp3) is 0.500. The molecular formula is C16H22N2O3. The molecular weight excluding hydrogens is 268 g/mol. The van der Waals surface area contributed by atoms with Gasteiger partial charge in [0.25, 0.3) is 0 Å². The topological polar surface area (TPSA) is 58.6 Å². The molecule has 0 aromatic heterocycles. The zero-order chi connectivity index (χ0) is 15.2. The van der Waals surface area contributed by atoms with Crippen LogP contribution >= 0.6 is 0 Å². The number of nitrogens with one attached hydrogen (secondary N) is 1. The van der Waals surface area contributed by atoms with Gasteiger partial charge in [0, 0.05) is 18.8 Å². The van der Waals surface area contributed by atoms with Crippen molar-refractivity contribution in [2.24, 2.45) is 0 Å². The van der Waals surface area contributed by atoms with E-state index in [1.807, 2.05) is 24.3 Å². The lowest BCUT2D eigenvalue weighted by Crippen LogP contribution is -2.45. The number of para-hydroxylation sites is 1. The SMILES string of the molecule is CCC(C)c1ccccc1NC(=O)C(=O)N1CCOCC1. The van der Waals surface area contributed by atoms with Crippen LogP contribution in [0.4, 0.5) is 5.69 Å². The van der Waals surface area contributed by atoms with Crippen molar-refractivity contribution in [3.63, 3.8) is 0 Å². The Labute approximate surface area is 125 Å². The summed E-state index contributed by atoms with van der Waals surface area (Å²) < 4.78 is 5.19. The van der Waals surface area contributed by atoms with Gasteiger partial charge in [-0.15, -0.1) is 0 Å². The average molecular weight is 290 g/mol. The highest BCUT2D eigenvalue weighted by molar-refractivity contribution is 6.39. The Kier molecular flexibility index (Phi) is 5.33. The molecule has 114 valence electrons. The van der Waals surface area contributed by atoms with Crippen molar-refractivity contribution in [2.75, 3.05) is 31.6 Å². The maximum atomic E-state index is 12.1. The van der Waals surface area contributed by atoms with Crippen molar-refractivity contribution in [3.05, 3.63) is 29.8 Å². The van der Waals surface area contributed by atoms with Crippen LogP contribution in [0.3, 0.4) is 0 Å². The number of anilines is 1. The van der Waals surface area contributed by atoms with Crippen molar-refractivity contribution in [1.29, 1.82) is 0 Å². The maximum absolute atomic E-state index is 12.1. The summed E-state index contributed by atoms with van der Waals surface area (Å²) in [5.41, 5.74) is 1.78. The number of rotatable bonds is 3. The van der Waals surface area contributed by atoms with Gasteiger partial charge in [-0.25, -0.2) is 0 Å². The average Bonchev–Trinajstić information content (AvgIpc) is 2.54. The Morgan fingerprint density at radius 3 is 2.62 bits per heavy atom. The molecule has 21 heavy (non-hydrogen) atoms. The predicted octanol–water partition coefficient (Wildman–Crippen LogP) is 2.00. The minimum Gasteiger partial charge on any atom is -0.378 e. The number of hydrogen-bond acceptors (Lipinski definition) is 3. The highest BCUT2D eigenvalue weighted by Gasteiger charge is 2.24. The van der Waals surface area contributed by atoms with Gasteiger partial charge in [0.2, 0.25) is 0 Å². The highest BCUT2D eigenvalue weighted by Crippen LogP contribution is 2.26. The molecule has 2 amide bonds. The fourth-order valence-corrected chi connectivity index (χ4v) is 2.35. The third-order valence-electron chi connectivity index (χ3n) is 3.84. The minimum absolute atomic E-state index is 0.333. The molecule has 5 nitrogen and oxygen atoms in total. The van der Waals surface area contributed by atoms with Crippen LogP contribution in [0.1, 0.15) is 31.7 Å². The van der Waals surface area contributed by atoms with Gasteiger partial charge in [-0.2, -0.15) is 0 Å². The van der Waals surface area contributed by atoms with Crippen LogP contribution in [-0.2, 0) is 14.3 Å². The first-order chi connectivity index (χ1) is 10.1. The standard InChI is InChI=1S/C16H22N2O3/c1-3-12(2)13-6-4-5-7-14(13)17-15(19)16(20)18-8-10-21-11-9-18/h4-7,12H,3,8-11H2,1-2H3,(H,17,19). The van der Waals surface area contributed by atoms with E-state index in [2.05, 4.69) is 19.2 Å². The normalized spacial score (nSPS) is 16.4. The van der Waals surface area contributed by atoms with Crippen molar-refractivity contribution in [1.82, 2.24) is 4.90 Å². The van der Waals surface area contributed by atoms with E-state index in [4.69, 9.17) is 4.74 Å². The molecule has 0 saturated carbocycles. The van der Waals surface area contributed by atoms with Crippen molar-refractivity contribution in [2.45, 2.75) is 26.2 Å². The molecule has 0 aliphatic carbocycles. The summed E-state index contributed by atoms with van der Waals surface area (Å²) in [6.45, 7) is 6.13. The first kappa shape index (κ1) is 15.5. The smallest absolute Gasteiger partial charge is 0.313 e. The molecule has 1 N–H and O–H groups in total. The van der Waals surface area contributed by atoms with E-state index in [1.165, 1.54) is 4.90 Å². The van der Waals surface area contributed by atoms with Crippen LogP contribution in [0.15, 0.2) is 24.3 Å². The number of benzene rings is 1. The molecule has 1 heterocycles. The number of hydrogen-bond donors (Lipinski definition) is 1. The summed E-state index contributed by atoms with van der Waals surface area (Å²) in [5, 5.41) is 2.75. The number of nitrogens with zero attached hydrogens (tertiary/aromatic N) is 1. The molecule has 0 spiro atoms. The molecule has 1 fully saturated rings. The number of carbonyl (C=O) groups is 2. The summed E-state index contributed by atoms with van der Waals surface area (Å²) >= 11 is 0. The summed E-state index contributed by atoms with van der Waals surface area (Å²) in [6, 6.07) is 7.64. The minimum atomic E-state index is -0.576. The molecule has 1 aliphatic rings. The number of carbonyl (C=O) groups excluding carboxylic acids is 2. The van der Waals surface area contributed by atoms with Gasteiger partial charge in [0.1, 0.15) is 0 Å². The third kappa shape index (κ3) is 3.82. The number of amides is 2. The van der Waals surface area contributed by atoms with Crippen LogP contribution in [-0.4, -0.2) is 43.0 Å². The van der Waals surface area contributed by atoms with Crippen molar-refractivity contribution >= 4 is 17.5 Å². The highest BCUT2D eigenvalue weighted by atomic mass is 16.5. The fourth-order valence-electron chi connectivity index (χ4n) is 2.35. The molecule has 1 aromatic carbocycles. The molecule has 1 aromatic rings. The molecule has 1 atom stereocenters. The Bertz CT molecular complexity index is 510. The van der Waals surface area contributed by atoms with Crippen LogP contribution in [0, 0.1) is 0 Å². The van der Waals surface area contributed by atoms with Gasteiger partial charge in [-0.1, -0.05) is 32.0 Å². The van der Waals surface area contributed by atoms with Gasteiger partial charge in [0.15, 0.2) is 0 Å². The van der Waals surface area contributed by atoms with E-state index in [0.717, 1.165) is 17.7 Å². The molecule has 1 aliphatic heterocycles. The van der Waals surface area contributed by atoms with E-state index in [1.54, 1.807) is 0 Å². The second-order valence-electron chi connectivity index (χ2n) is 5.26. The van der Waals surface area contributed by atoms with Gasteiger partial charge in [-0.3, -0.25) is 9.59 Å². The number of morpholine rings is 1. The monoisotopic (exact) mass is 290 g/mol. The number of ether oxygens (including phenoxy) is 1. The predicted molar refractivity (Wildman–Crippen MR) is 81.2 cm³/mol. The lowest BCUT2D eigenvalue weighted by molar-refractivity contribution is -0.145. The van der Waals surface area contributed by atoms with Crippen LogP contribution in [0.5, 0.6) is 0 Å². The molecule has 0 radical (unpaired) electrons. The second kappa shape index (κ2) is 7.22. The quantitative estimate of drug-likeness (QED) is 0.866. The Hall–Kier alpha value is -1.88. The van der Waals surface area contributed by atoms with E-state index in [-0.39, 0.29) is 0 Å². The van der Waals surface area contributed by atoms with Crippen LogP contribution < -0.4 is 5.32 Å². The molecule has 5 heteroatoms. The Morgan fingerprint density at radius 2 is 1.95 bits per heavy atom. The second-order valence-corrected chi connectivity index (χ2v) is 5.26. The first-order valence-corrected chi connectivity index (χ1v) is 7.40. The van der Waals surface area contributed by atoms with Gasteiger partial charge < -0.3 is 15.0 Å².